The summed E-state index contributed by atoms with van der Waals surface area (Å²) in [5, 5.41) is 23.5. The molecule has 2 N–H and O–H groups in total. The van der Waals surface area contributed by atoms with E-state index in [2.05, 4.69) is 6.58 Å². The zero-order valence-electron chi connectivity index (χ0n) is 24.0. The molecule has 0 unspecified atom stereocenters. The maximum atomic E-state index is 13.5. The fraction of sp³-hybridized carbons (Fsp3) is 0.382. The third-order valence-electron chi connectivity index (χ3n) is 9.60. The number of hydrogen-bond acceptors (Lipinski definition) is 8. The summed E-state index contributed by atoms with van der Waals surface area (Å²) in [5.74, 6) is -2.21. The molecule has 7 atom stereocenters. The second kappa shape index (κ2) is 11.0. The van der Waals surface area contributed by atoms with E-state index in [0.717, 1.165) is 0 Å². The highest BCUT2D eigenvalue weighted by molar-refractivity contribution is 5.90. The molecule has 220 valence electrons. The summed E-state index contributed by atoms with van der Waals surface area (Å²) in [5.41, 5.74) is -2.40. The number of fused-ring (bicyclic) bond motifs is 1. The molecule has 1 aliphatic heterocycles. The fourth-order valence-electron chi connectivity index (χ4n) is 6.88. The molecular formula is C34H36O8. The highest BCUT2D eigenvalue weighted by atomic mass is 16.6. The Kier molecular flexibility index (Phi) is 7.72. The van der Waals surface area contributed by atoms with Crippen molar-refractivity contribution in [1.29, 1.82) is 0 Å². The van der Waals surface area contributed by atoms with Gasteiger partial charge in [0.2, 0.25) is 0 Å². The highest BCUT2D eigenvalue weighted by Crippen LogP contribution is 2.64. The molecule has 0 radical (unpaired) electrons. The summed E-state index contributed by atoms with van der Waals surface area (Å²) >= 11 is 0. The minimum Gasteiger partial charge on any atom is -0.458 e. The minimum absolute atomic E-state index is 0.102. The molecule has 0 aromatic heterocycles. The van der Waals surface area contributed by atoms with Gasteiger partial charge in [0.05, 0.1) is 17.2 Å². The Hall–Kier alpha value is -4.01. The van der Waals surface area contributed by atoms with Crippen LogP contribution in [0.5, 0.6) is 0 Å². The van der Waals surface area contributed by atoms with Gasteiger partial charge >= 0.3 is 17.9 Å². The number of aliphatic hydroxyl groups is 2. The zero-order valence-corrected chi connectivity index (χ0v) is 24.0. The predicted octanol–water partition coefficient (Wildman–Crippen LogP) is 4.58. The summed E-state index contributed by atoms with van der Waals surface area (Å²) in [4.78, 5) is 38.7. The van der Waals surface area contributed by atoms with Crippen LogP contribution >= 0.6 is 0 Å². The standard InChI is InChI=1S/C34H36O8/c1-21-25(35)15-16-26-32(2,18-17-22-19-27(36)40-20-22)34(4,39)29(42-31(38)24-13-9-6-10-14-24)28(33(21,26)3)41-30(37)23-11-7-5-8-12-23/h5-14,17-19,25-26,28-29,35,39H,1,15-16,20H2,2-4H3/b18-17+/t25-,26+,28-,29-,32+,33-,34-/m0/s1. The fourth-order valence-corrected chi connectivity index (χ4v) is 6.88. The quantitative estimate of drug-likeness (QED) is 0.293. The first-order valence-electron chi connectivity index (χ1n) is 14.1. The Morgan fingerprint density at radius 1 is 0.929 bits per heavy atom. The van der Waals surface area contributed by atoms with E-state index in [1.54, 1.807) is 73.7 Å². The van der Waals surface area contributed by atoms with Crippen LogP contribution in [0.2, 0.25) is 0 Å². The Morgan fingerprint density at radius 2 is 1.48 bits per heavy atom. The second-order valence-electron chi connectivity index (χ2n) is 11.9. The summed E-state index contributed by atoms with van der Waals surface area (Å²) in [7, 11) is 0. The SMILES string of the molecule is C=C1[C@@H](O)CC[C@H]2[C@@]1(C)[C@@H](OC(=O)c1ccccc1)[C@H](OC(=O)c1ccccc1)[C@](C)(O)[C@]2(C)/C=C/C1=CC(=O)OC1. The van der Waals surface area contributed by atoms with Crippen molar-refractivity contribution in [2.45, 2.75) is 57.5 Å². The number of carbonyl (C=O) groups excluding carboxylic acids is 3. The molecule has 5 rings (SSSR count). The van der Waals surface area contributed by atoms with E-state index in [0.29, 0.717) is 29.6 Å². The van der Waals surface area contributed by atoms with Crippen LogP contribution in [0.15, 0.2) is 96.6 Å². The maximum Gasteiger partial charge on any atom is 0.338 e. The first kappa shape index (κ1) is 29.5. The molecule has 2 aliphatic carbocycles. The van der Waals surface area contributed by atoms with E-state index < -0.39 is 58.6 Å². The monoisotopic (exact) mass is 572 g/mol. The lowest BCUT2D eigenvalue weighted by molar-refractivity contribution is -0.256. The topological polar surface area (TPSA) is 119 Å². The van der Waals surface area contributed by atoms with E-state index >= 15 is 0 Å². The van der Waals surface area contributed by atoms with Crippen LogP contribution in [0.3, 0.4) is 0 Å². The molecule has 1 heterocycles. The van der Waals surface area contributed by atoms with Gasteiger partial charge < -0.3 is 24.4 Å². The first-order chi connectivity index (χ1) is 19.9. The molecular weight excluding hydrogens is 536 g/mol. The lowest BCUT2D eigenvalue weighted by Crippen LogP contribution is -2.73. The van der Waals surface area contributed by atoms with Gasteiger partial charge in [0, 0.05) is 16.9 Å². The van der Waals surface area contributed by atoms with Crippen molar-refractivity contribution in [3.05, 3.63) is 108 Å². The summed E-state index contributed by atoms with van der Waals surface area (Å²) in [6, 6.07) is 16.8. The van der Waals surface area contributed by atoms with E-state index in [-0.39, 0.29) is 12.2 Å². The van der Waals surface area contributed by atoms with Crippen LogP contribution in [-0.2, 0) is 19.0 Å². The molecule has 3 aliphatic rings. The van der Waals surface area contributed by atoms with Crippen LogP contribution in [0.4, 0.5) is 0 Å². The molecule has 8 heteroatoms. The number of aliphatic hydroxyl groups excluding tert-OH is 1. The molecule has 2 aromatic carbocycles. The molecule has 0 saturated heterocycles. The maximum absolute atomic E-state index is 13.5. The van der Waals surface area contributed by atoms with Crippen molar-refractivity contribution in [3.63, 3.8) is 0 Å². The van der Waals surface area contributed by atoms with Gasteiger partial charge in [-0.3, -0.25) is 0 Å². The molecule has 42 heavy (non-hydrogen) atoms. The van der Waals surface area contributed by atoms with Crippen molar-refractivity contribution >= 4 is 17.9 Å². The zero-order chi connectivity index (χ0) is 30.3. The minimum atomic E-state index is -1.79. The Labute approximate surface area is 245 Å². The van der Waals surface area contributed by atoms with Crippen LogP contribution in [-0.4, -0.2) is 58.6 Å². The van der Waals surface area contributed by atoms with Gasteiger partial charge in [-0.1, -0.05) is 69.0 Å². The molecule has 2 aromatic rings. The summed E-state index contributed by atoms with van der Waals surface area (Å²) in [6.45, 7) is 9.62. The van der Waals surface area contributed by atoms with Crippen molar-refractivity contribution < 1.29 is 38.8 Å². The number of ether oxygens (including phenoxy) is 3. The lowest BCUT2D eigenvalue weighted by atomic mass is 9.43. The largest absolute Gasteiger partial charge is 0.458 e. The van der Waals surface area contributed by atoms with E-state index in [1.165, 1.54) is 6.08 Å². The number of cyclic esters (lactones) is 1. The van der Waals surface area contributed by atoms with Gasteiger partial charge in [-0.25, -0.2) is 14.4 Å². The average molecular weight is 573 g/mol. The van der Waals surface area contributed by atoms with Crippen LogP contribution in [0, 0.1) is 16.7 Å². The molecule has 0 amide bonds. The van der Waals surface area contributed by atoms with Crippen LogP contribution in [0.25, 0.3) is 0 Å². The number of esters is 3. The van der Waals surface area contributed by atoms with Crippen LogP contribution in [0.1, 0.15) is 54.3 Å². The summed E-state index contributed by atoms with van der Waals surface area (Å²) < 4.78 is 17.4. The third-order valence-corrected chi connectivity index (χ3v) is 9.60. The van der Waals surface area contributed by atoms with Crippen LogP contribution < -0.4 is 0 Å². The van der Waals surface area contributed by atoms with Gasteiger partial charge in [0.25, 0.3) is 0 Å². The predicted molar refractivity (Wildman–Crippen MR) is 154 cm³/mol. The second-order valence-corrected chi connectivity index (χ2v) is 11.9. The molecule has 0 spiro atoms. The van der Waals surface area contributed by atoms with Gasteiger partial charge in [-0.05, 0) is 61.1 Å². The Morgan fingerprint density at radius 3 is 2.00 bits per heavy atom. The third kappa shape index (κ3) is 4.88. The van der Waals surface area contributed by atoms with Crippen molar-refractivity contribution in [1.82, 2.24) is 0 Å². The smallest absolute Gasteiger partial charge is 0.338 e. The number of hydrogen-bond donors (Lipinski definition) is 2. The molecule has 0 bridgehead atoms. The van der Waals surface area contributed by atoms with Crippen molar-refractivity contribution in [2.24, 2.45) is 16.7 Å². The van der Waals surface area contributed by atoms with Gasteiger partial charge in [-0.2, -0.15) is 0 Å². The molecule has 2 saturated carbocycles. The van der Waals surface area contributed by atoms with Crippen molar-refractivity contribution in [3.8, 4) is 0 Å². The van der Waals surface area contributed by atoms with E-state index in [4.69, 9.17) is 14.2 Å². The number of carbonyl (C=O) groups is 3. The average Bonchev–Trinajstić information content (AvgIpc) is 3.41. The Balaban J connectivity index is 1.66. The normalized spacial score (nSPS) is 34.4. The summed E-state index contributed by atoms with van der Waals surface area (Å²) in [6.07, 6.45) is 2.32. The molecule has 8 nitrogen and oxygen atoms in total. The first-order valence-corrected chi connectivity index (χ1v) is 14.1. The van der Waals surface area contributed by atoms with Gasteiger partial charge in [0.1, 0.15) is 12.2 Å². The highest BCUT2D eigenvalue weighted by Gasteiger charge is 2.71. The van der Waals surface area contributed by atoms with Gasteiger partial charge in [-0.15, -0.1) is 0 Å². The molecule has 2 fully saturated rings. The lowest BCUT2D eigenvalue weighted by Gasteiger charge is -2.65. The van der Waals surface area contributed by atoms with E-state index in [1.807, 2.05) is 19.9 Å². The van der Waals surface area contributed by atoms with E-state index in [9.17, 15) is 24.6 Å². The van der Waals surface area contributed by atoms with Gasteiger partial charge in [0.15, 0.2) is 12.2 Å². The number of rotatable bonds is 6. The van der Waals surface area contributed by atoms with Crippen molar-refractivity contribution in [2.75, 3.05) is 6.61 Å². The Bertz CT molecular complexity index is 1440. The number of benzene rings is 2.